The molecule has 1 saturated carbocycles. The number of hydrogen-bond acceptors (Lipinski definition) is 3. The molecule has 0 aromatic heterocycles. The van der Waals surface area contributed by atoms with Gasteiger partial charge in [-0.3, -0.25) is 14.6 Å². The van der Waals surface area contributed by atoms with E-state index in [9.17, 15) is 9.59 Å². The minimum Gasteiger partial charge on any atom is -0.370 e. The van der Waals surface area contributed by atoms with E-state index in [-0.39, 0.29) is 35.8 Å². The highest BCUT2D eigenvalue weighted by Crippen LogP contribution is 2.26. The third kappa shape index (κ3) is 10.00. The summed E-state index contributed by atoms with van der Waals surface area (Å²) >= 11 is 0. The third-order valence-electron chi connectivity index (χ3n) is 5.69. The normalized spacial score (nSPS) is 17.7. The molecule has 2 amide bonds. The molecule has 2 fully saturated rings. The van der Waals surface area contributed by atoms with Crippen LogP contribution in [0.15, 0.2) is 4.99 Å². The number of nitrogens with zero attached hydrogens (tertiary/aromatic N) is 3. The van der Waals surface area contributed by atoms with Gasteiger partial charge in [-0.25, -0.2) is 0 Å². The Bertz CT molecular complexity index is 529. The van der Waals surface area contributed by atoms with Gasteiger partial charge in [0, 0.05) is 52.1 Å². The van der Waals surface area contributed by atoms with E-state index in [1.54, 1.807) is 0 Å². The molecule has 168 valence electrons. The fourth-order valence-corrected chi connectivity index (χ4v) is 3.59. The van der Waals surface area contributed by atoms with Gasteiger partial charge in [-0.05, 0) is 37.5 Å². The second kappa shape index (κ2) is 14.0. The lowest BCUT2D eigenvalue weighted by molar-refractivity contribution is -0.140. The Hall–Kier alpha value is -1.06. The number of hydrogen-bond donors (Lipinski definition) is 2. The molecule has 0 spiro atoms. The minimum absolute atomic E-state index is 0. The van der Waals surface area contributed by atoms with Crippen LogP contribution in [0.4, 0.5) is 0 Å². The third-order valence-corrected chi connectivity index (χ3v) is 5.69. The Morgan fingerprint density at radius 2 is 1.66 bits per heavy atom. The first-order chi connectivity index (χ1) is 13.5. The first kappa shape index (κ1) is 26.0. The predicted octanol–water partition coefficient (Wildman–Crippen LogP) is 2.59. The monoisotopic (exact) mass is 521 g/mol. The van der Waals surface area contributed by atoms with E-state index in [2.05, 4.69) is 24.2 Å². The van der Waals surface area contributed by atoms with E-state index in [0.717, 1.165) is 38.3 Å². The number of amides is 2. The van der Waals surface area contributed by atoms with Gasteiger partial charge in [0.1, 0.15) is 0 Å². The second-order valence-corrected chi connectivity index (χ2v) is 8.62. The summed E-state index contributed by atoms with van der Waals surface area (Å²) < 4.78 is 0. The van der Waals surface area contributed by atoms with Gasteiger partial charge in [0.25, 0.3) is 0 Å². The molecular formula is C21H40IN5O2. The van der Waals surface area contributed by atoms with E-state index >= 15 is 0 Å². The Balaban J connectivity index is 0.00000420. The van der Waals surface area contributed by atoms with Crippen molar-refractivity contribution < 1.29 is 9.59 Å². The van der Waals surface area contributed by atoms with Gasteiger partial charge in [0.05, 0.1) is 0 Å². The maximum Gasteiger partial charge on any atom is 0.222 e. The largest absolute Gasteiger partial charge is 0.370 e. The van der Waals surface area contributed by atoms with Crippen LogP contribution in [-0.2, 0) is 9.59 Å². The Kier molecular flexibility index (Phi) is 12.6. The molecule has 8 heteroatoms. The van der Waals surface area contributed by atoms with Crippen molar-refractivity contribution in [2.75, 3.05) is 39.3 Å². The van der Waals surface area contributed by atoms with E-state index in [1.165, 1.54) is 19.3 Å². The van der Waals surface area contributed by atoms with Crippen LogP contribution in [0.2, 0.25) is 0 Å². The fraction of sp³-hybridized carbons (Fsp3) is 0.857. The SMILES string of the molecule is CC(C)CC(=O)N1CCN(C(=O)CCCCCNC(N)=NCC2CCC2)CC1.I. The van der Waals surface area contributed by atoms with E-state index in [1.807, 2.05) is 9.80 Å². The van der Waals surface area contributed by atoms with Gasteiger partial charge in [0.15, 0.2) is 5.96 Å². The van der Waals surface area contributed by atoms with Crippen LogP contribution in [0.3, 0.4) is 0 Å². The summed E-state index contributed by atoms with van der Waals surface area (Å²) in [7, 11) is 0. The quantitative estimate of drug-likeness (QED) is 0.200. The van der Waals surface area contributed by atoms with Crippen LogP contribution in [0.25, 0.3) is 0 Å². The van der Waals surface area contributed by atoms with Crippen molar-refractivity contribution in [1.29, 1.82) is 0 Å². The molecular weight excluding hydrogens is 481 g/mol. The van der Waals surface area contributed by atoms with Crippen LogP contribution >= 0.6 is 24.0 Å². The molecule has 2 aliphatic rings. The van der Waals surface area contributed by atoms with Crippen molar-refractivity contribution in [2.45, 2.75) is 65.2 Å². The molecule has 2 rings (SSSR count). The topological polar surface area (TPSA) is 91.0 Å². The molecule has 0 aromatic rings. The van der Waals surface area contributed by atoms with Crippen molar-refractivity contribution in [3.63, 3.8) is 0 Å². The molecule has 29 heavy (non-hydrogen) atoms. The molecule has 7 nitrogen and oxygen atoms in total. The Morgan fingerprint density at radius 3 is 2.21 bits per heavy atom. The van der Waals surface area contributed by atoms with Crippen LogP contribution in [0.5, 0.6) is 0 Å². The Morgan fingerprint density at radius 1 is 1.03 bits per heavy atom. The molecule has 1 saturated heterocycles. The van der Waals surface area contributed by atoms with Crippen LogP contribution in [0, 0.1) is 11.8 Å². The number of carbonyl (C=O) groups is 2. The number of halogens is 1. The summed E-state index contributed by atoms with van der Waals surface area (Å²) in [6.07, 6.45) is 7.97. The van der Waals surface area contributed by atoms with Crippen LogP contribution in [0.1, 0.15) is 65.2 Å². The lowest BCUT2D eigenvalue weighted by atomic mass is 9.86. The highest BCUT2D eigenvalue weighted by Gasteiger charge is 2.24. The molecule has 1 heterocycles. The highest BCUT2D eigenvalue weighted by molar-refractivity contribution is 14.0. The summed E-state index contributed by atoms with van der Waals surface area (Å²) in [5, 5.41) is 3.16. The number of nitrogens with one attached hydrogen (secondary N) is 1. The Labute approximate surface area is 193 Å². The summed E-state index contributed by atoms with van der Waals surface area (Å²) in [6, 6.07) is 0. The van der Waals surface area contributed by atoms with Gasteiger partial charge in [-0.15, -0.1) is 24.0 Å². The summed E-state index contributed by atoms with van der Waals surface area (Å²) in [5.74, 6) is 2.09. The zero-order valence-electron chi connectivity index (χ0n) is 18.2. The van der Waals surface area contributed by atoms with Gasteiger partial charge >= 0.3 is 0 Å². The molecule has 1 aliphatic carbocycles. The van der Waals surface area contributed by atoms with E-state index in [4.69, 9.17) is 5.73 Å². The summed E-state index contributed by atoms with van der Waals surface area (Å²) in [5.41, 5.74) is 5.87. The zero-order valence-corrected chi connectivity index (χ0v) is 20.5. The second-order valence-electron chi connectivity index (χ2n) is 8.62. The summed E-state index contributed by atoms with van der Waals surface area (Å²) in [6.45, 7) is 8.44. The van der Waals surface area contributed by atoms with Crippen molar-refractivity contribution in [2.24, 2.45) is 22.6 Å². The van der Waals surface area contributed by atoms with Crippen molar-refractivity contribution >= 4 is 41.8 Å². The van der Waals surface area contributed by atoms with E-state index in [0.29, 0.717) is 50.9 Å². The smallest absolute Gasteiger partial charge is 0.222 e. The standard InChI is InChI=1S/C21H39N5O2.HI/c1-17(2)15-20(28)26-13-11-25(12-14-26)19(27)9-4-3-5-10-23-21(22)24-16-18-7-6-8-18;/h17-18H,3-16H2,1-2H3,(H3,22,23,24);1H. The number of rotatable bonds is 10. The number of guanidine groups is 1. The average molecular weight is 521 g/mol. The predicted molar refractivity (Wildman–Crippen MR) is 128 cm³/mol. The maximum atomic E-state index is 12.3. The van der Waals surface area contributed by atoms with Crippen LogP contribution < -0.4 is 11.1 Å². The average Bonchev–Trinajstić information content (AvgIpc) is 2.62. The molecule has 0 aromatic carbocycles. The molecule has 3 N–H and O–H groups in total. The van der Waals surface area contributed by atoms with Gasteiger partial charge in [-0.2, -0.15) is 0 Å². The first-order valence-electron chi connectivity index (χ1n) is 11.0. The number of unbranched alkanes of at least 4 members (excludes halogenated alkanes) is 2. The van der Waals surface area contributed by atoms with Crippen molar-refractivity contribution in [3.8, 4) is 0 Å². The number of piperazine rings is 1. The minimum atomic E-state index is 0. The van der Waals surface area contributed by atoms with E-state index < -0.39 is 0 Å². The maximum absolute atomic E-state index is 12.3. The van der Waals surface area contributed by atoms with Gasteiger partial charge < -0.3 is 20.9 Å². The first-order valence-corrected chi connectivity index (χ1v) is 11.0. The highest BCUT2D eigenvalue weighted by atomic mass is 127. The lowest BCUT2D eigenvalue weighted by Gasteiger charge is -2.35. The molecule has 1 aliphatic heterocycles. The molecule has 0 atom stereocenters. The van der Waals surface area contributed by atoms with Crippen molar-refractivity contribution in [3.05, 3.63) is 0 Å². The molecule has 0 radical (unpaired) electrons. The van der Waals surface area contributed by atoms with Gasteiger partial charge in [0.2, 0.25) is 11.8 Å². The molecule has 0 bridgehead atoms. The number of nitrogens with two attached hydrogens (primary N) is 1. The van der Waals surface area contributed by atoms with Crippen LogP contribution in [-0.4, -0.2) is 66.8 Å². The fourth-order valence-electron chi connectivity index (χ4n) is 3.59. The zero-order chi connectivity index (χ0) is 20.4. The molecule has 0 unspecified atom stereocenters. The lowest BCUT2D eigenvalue weighted by Crippen LogP contribution is -2.50. The number of aliphatic imine (C=N–C) groups is 1. The summed E-state index contributed by atoms with van der Waals surface area (Å²) in [4.78, 5) is 32.6. The van der Waals surface area contributed by atoms with Crippen molar-refractivity contribution in [1.82, 2.24) is 15.1 Å². The van der Waals surface area contributed by atoms with Gasteiger partial charge in [-0.1, -0.05) is 26.7 Å². The number of carbonyl (C=O) groups excluding carboxylic acids is 2.